The van der Waals surface area contributed by atoms with Gasteiger partial charge < -0.3 is 9.73 Å². The van der Waals surface area contributed by atoms with E-state index in [0.29, 0.717) is 23.7 Å². The molecule has 6 heteroatoms. The Bertz CT molecular complexity index is 547. The lowest BCUT2D eigenvalue weighted by atomic mass is 10.3. The average Bonchev–Trinajstić information content (AvgIpc) is 2.67. The molecule has 2 rings (SSSR count). The number of oxazole rings is 1. The largest absolute Gasteiger partial charge is 0.424 e. The second kappa shape index (κ2) is 4.01. The van der Waals surface area contributed by atoms with Crippen LogP contribution in [0.3, 0.4) is 0 Å². The number of hydrogen-bond acceptors (Lipinski definition) is 5. The molecule has 0 saturated heterocycles. The van der Waals surface area contributed by atoms with Crippen molar-refractivity contribution in [3.63, 3.8) is 0 Å². The number of rotatable bonds is 4. The molecule has 0 aliphatic carbocycles. The summed E-state index contributed by atoms with van der Waals surface area (Å²) in [6, 6.07) is 4.61. The molecular weight excluding hydrogens is 210 g/mol. The van der Waals surface area contributed by atoms with Gasteiger partial charge in [-0.1, -0.05) is 6.08 Å². The Morgan fingerprint density at radius 3 is 3.12 bits per heavy atom. The molecule has 1 aromatic heterocycles. The van der Waals surface area contributed by atoms with E-state index >= 15 is 0 Å². The molecule has 0 saturated carbocycles. The summed E-state index contributed by atoms with van der Waals surface area (Å²) in [7, 11) is 0. The normalized spacial score (nSPS) is 10.2. The van der Waals surface area contributed by atoms with Gasteiger partial charge in [-0.3, -0.25) is 10.1 Å². The number of benzene rings is 1. The molecule has 0 aliphatic heterocycles. The number of anilines is 1. The summed E-state index contributed by atoms with van der Waals surface area (Å²) in [6.07, 6.45) is 1.66. The maximum Gasteiger partial charge on any atom is 0.295 e. The number of aromatic nitrogens is 1. The van der Waals surface area contributed by atoms with E-state index in [9.17, 15) is 10.1 Å². The monoisotopic (exact) mass is 219 g/mol. The molecule has 0 unspecified atom stereocenters. The first-order chi connectivity index (χ1) is 7.70. The molecule has 82 valence electrons. The van der Waals surface area contributed by atoms with Crippen LogP contribution >= 0.6 is 0 Å². The van der Waals surface area contributed by atoms with Crippen molar-refractivity contribution in [2.24, 2.45) is 0 Å². The quantitative estimate of drug-likeness (QED) is 0.484. The molecule has 0 bridgehead atoms. The van der Waals surface area contributed by atoms with Crippen LogP contribution in [-0.4, -0.2) is 16.5 Å². The second-order valence-corrected chi connectivity index (χ2v) is 3.10. The van der Waals surface area contributed by atoms with Crippen molar-refractivity contribution in [2.45, 2.75) is 0 Å². The highest BCUT2D eigenvalue weighted by Gasteiger charge is 2.10. The first-order valence-corrected chi connectivity index (χ1v) is 4.60. The van der Waals surface area contributed by atoms with Gasteiger partial charge in [0.25, 0.3) is 11.7 Å². The molecule has 1 aromatic carbocycles. The van der Waals surface area contributed by atoms with Crippen LogP contribution in [0.5, 0.6) is 0 Å². The number of nitro benzene ring substituents is 1. The van der Waals surface area contributed by atoms with E-state index in [2.05, 4.69) is 16.9 Å². The summed E-state index contributed by atoms with van der Waals surface area (Å²) in [5.74, 6) is 0. The first-order valence-electron chi connectivity index (χ1n) is 4.60. The van der Waals surface area contributed by atoms with E-state index in [1.165, 1.54) is 18.2 Å². The topological polar surface area (TPSA) is 81.2 Å². The highest BCUT2D eigenvalue weighted by molar-refractivity contribution is 5.77. The average molecular weight is 219 g/mol. The molecule has 0 atom stereocenters. The van der Waals surface area contributed by atoms with Gasteiger partial charge in [0.15, 0.2) is 5.58 Å². The third-order valence-electron chi connectivity index (χ3n) is 1.98. The van der Waals surface area contributed by atoms with Crippen LogP contribution in [-0.2, 0) is 0 Å². The van der Waals surface area contributed by atoms with E-state index in [-0.39, 0.29) is 5.69 Å². The molecule has 0 radical (unpaired) electrons. The summed E-state index contributed by atoms with van der Waals surface area (Å²) in [6.45, 7) is 4.07. The van der Waals surface area contributed by atoms with Crippen LogP contribution in [0, 0.1) is 10.1 Å². The molecule has 0 fully saturated rings. The Hall–Kier alpha value is -2.37. The van der Waals surface area contributed by atoms with Gasteiger partial charge in [0.2, 0.25) is 0 Å². The summed E-state index contributed by atoms with van der Waals surface area (Å²) in [5, 5.41) is 13.4. The first kappa shape index (κ1) is 10.2. The van der Waals surface area contributed by atoms with E-state index in [1.54, 1.807) is 6.08 Å². The van der Waals surface area contributed by atoms with Crippen LogP contribution in [0.1, 0.15) is 0 Å². The third-order valence-corrected chi connectivity index (χ3v) is 1.98. The third kappa shape index (κ3) is 1.85. The van der Waals surface area contributed by atoms with Gasteiger partial charge in [0.05, 0.1) is 4.92 Å². The van der Waals surface area contributed by atoms with E-state index in [1.807, 2.05) is 0 Å². The van der Waals surface area contributed by atoms with Gasteiger partial charge in [-0.05, 0) is 6.07 Å². The second-order valence-electron chi connectivity index (χ2n) is 3.10. The highest BCUT2D eigenvalue weighted by atomic mass is 16.6. The Morgan fingerprint density at radius 1 is 1.62 bits per heavy atom. The summed E-state index contributed by atoms with van der Waals surface area (Å²) in [5.41, 5.74) is 0.967. The zero-order valence-corrected chi connectivity index (χ0v) is 8.34. The lowest BCUT2D eigenvalue weighted by Gasteiger charge is -1.92. The van der Waals surface area contributed by atoms with Crippen LogP contribution in [0.4, 0.5) is 11.7 Å². The number of fused-ring (bicyclic) bond motifs is 1. The zero-order chi connectivity index (χ0) is 11.5. The van der Waals surface area contributed by atoms with Crippen molar-refractivity contribution in [3.8, 4) is 0 Å². The lowest BCUT2D eigenvalue weighted by molar-refractivity contribution is -0.384. The summed E-state index contributed by atoms with van der Waals surface area (Å²) in [4.78, 5) is 14.1. The van der Waals surface area contributed by atoms with Crippen molar-refractivity contribution < 1.29 is 9.34 Å². The standard InChI is InChI=1S/C10H9N3O3/c1-2-5-11-10-12-8-6-7(13(14)15)3-4-9(8)16-10/h2-4,6H,1,5H2,(H,11,12). The fraction of sp³-hybridized carbons (Fsp3) is 0.100. The van der Waals surface area contributed by atoms with Gasteiger partial charge in [-0.2, -0.15) is 4.98 Å². The fourth-order valence-electron chi connectivity index (χ4n) is 1.26. The molecule has 0 aliphatic rings. The van der Waals surface area contributed by atoms with E-state index < -0.39 is 4.92 Å². The van der Waals surface area contributed by atoms with Crippen molar-refractivity contribution in [1.29, 1.82) is 0 Å². The predicted octanol–water partition coefficient (Wildman–Crippen LogP) is 2.33. The van der Waals surface area contributed by atoms with E-state index in [0.717, 1.165) is 0 Å². The van der Waals surface area contributed by atoms with Gasteiger partial charge in [0, 0.05) is 18.7 Å². The SMILES string of the molecule is C=CCNc1nc2cc([N+](=O)[O-])ccc2o1. The summed E-state index contributed by atoms with van der Waals surface area (Å²) >= 11 is 0. The minimum atomic E-state index is -0.467. The van der Waals surface area contributed by atoms with Gasteiger partial charge in [-0.15, -0.1) is 6.58 Å². The molecule has 2 aromatic rings. The van der Waals surface area contributed by atoms with Crippen LogP contribution < -0.4 is 5.32 Å². The predicted molar refractivity (Wildman–Crippen MR) is 59.4 cm³/mol. The van der Waals surface area contributed by atoms with Crippen molar-refractivity contribution >= 4 is 22.8 Å². The number of nitrogens with one attached hydrogen (secondary N) is 1. The van der Waals surface area contributed by atoms with Crippen molar-refractivity contribution in [3.05, 3.63) is 41.0 Å². The molecule has 1 N–H and O–H groups in total. The molecule has 0 spiro atoms. The number of nitro groups is 1. The number of non-ortho nitro benzene ring substituents is 1. The zero-order valence-electron chi connectivity index (χ0n) is 8.34. The van der Waals surface area contributed by atoms with Crippen molar-refractivity contribution in [1.82, 2.24) is 4.98 Å². The fourth-order valence-corrected chi connectivity index (χ4v) is 1.26. The molecular formula is C10H9N3O3. The lowest BCUT2D eigenvalue weighted by Crippen LogP contribution is -1.96. The Kier molecular flexibility index (Phi) is 2.55. The molecule has 1 heterocycles. The summed E-state index contributed by atoms with van der Waals surface area (Å²) < 4.78 is 5.31. The minimum absolute atomic E-state index is 0.00364. The van der Waals surface area contributed by atoms with Gasteiger partial charge in [0.1, 0.15) is 5.52 Å². The van der Waals surface area contributed by atoms with E-state index in [4.69, 9.17) is 4.42 Å². The molecule has 16 heavy (non-hydrogen) atoms. The Balaban J connectivity index is 2.37. The Morgan fingerprint density at radius 2 is 2.44 bits per heavy atom. The smallest absolute Gasteiger partial charge is 0.295 e. The van der Waals surface area contributed by atoms with Crippen LogP contribution in [0.2, 0.25) is 0 Å². The maximum absolute atomic E-state index is 10.5. The van der Waals surface area contributed by atoms with Crippen LogP contribution in [0.15, 0.2) is 35.3 Å². The molecule has 0 amide bonds. The van der Waals surface area contributed by atoms with Crippen LogP contribution in [0.25, 0.3) is 11.1 Å². The number of nitrogens with zero attached hydrogens (tertiary/aromatic N) is 2. The van der Waals surface area contributed by atoms with Gasteiger partial charge in [-0.25, -0.2) is 0 Å². The number of hydrogen-bond donors (Lipinski definition) is 1. The maximum atomic E-state index is 10.5. The highest BCUT2D eigenvalue weighted by Crippen LogP contribution is 2.23. The van der Waals surface area contributed by atoms with Crippen molar-refractivity contribution in [2.75, 3.05) is 11.9 Å². The minimum Gasteiger partial charge on any atom is -0.424 e. The Labute approximate surface area is 90.7 Å². The van der Waals surface area contributed by atoms with Gasteiger partial charge >= 0.3 is 0 Å². The molecule has 6 nitrogen and oxygen atoms in total.